The van der Waals surface area contributed by atoms with Crippen molar-refractivity contribution in [3.05, 3.63) is 34.3 Å². The van der Waals surface area contributed by atoms with Crippen LogP contribution in [0, 0.1) is 11.3 Å². The van der Waals surface area contributed by atoms with Gasteiger partial charge in [-0.3, -0.25) is 4.79 Å². The first-order valence-electron chi connectivity index (χ1n) is 5.64. The molecule has 0 fully saturated rings. The molecule has 0 aromatic heterocycles. The number of Topliss-reactive ketones (excluding diaryl/α,β-unsaturated/α-hetero) is 1. The zero-order chi connectivity index (χ0) is 15.0. The second kappa shape index (κ2) is 8.07. The van der Waals surface area contributed by atoms with E-state index in [-0.39, 0.29) is 19.0 Å². The maximum absolute atomic E-state index is 11.7. The summed E-state index contributed by atoms with van der Waals surface area (Å²) >= 11 is 3.25. The van der Waals surface area contributed by atoms with Crippen LogP contribution in [0.4, 0.5) is 0 Å². The fourth-order valence-electron chi connectivity index (χ4n) is 1.18. The molecule has 1 aromatic carbocycles. The lowest BCUT2D eigenvalue weighted by atomic mass is 10.1. The number of hydrogen-bond acceptors (Lipinski definition) is 6. The number of carbonyl (C=O) groups is 2. The Morgan fingerprint density at radius 3 is 2.55 bits per heavy atom. The number of halogens is 1. The second-order valence-electron chi connectivity index (χ2n) is 3.48. The molecule has 0 unspecified atom stereocenters. The van der Waals surface area contributed by atoms with Crippen LogP contribution >= 0.6 is 15.9 Å². The van der Waals surface area contributed by atoms with Crippen LogP contribution < -0.4 is 0 Å². The van der Waals surface area contributed by atoms with E-state index in [1.807, 2.05) is 0 Å². The van der Waals surface area contributed by atoms with E-state index in [9.17, 15) is 9.59 Å². The van der Waals surface area contributed by atoms with Crippen molar-refractivity contribution < 1.29 is 19.2 Å². The third kappa shape index (κ3) is 4.82. The Morgan fingerprint density at radius 2 is 2.00 bits per heavy atom. The van der Waals surface area contributed by atoms with E-state index < -0.39 is 11.7 Å². The van der Waals surface area contributed by atoms with Gasteiger partial charge in [0.05, 0.1) is 6.61 Å². The number of rotatable bonds is 6. The molecule has 0 N–H and O–H groups in total. The zero-order valence-corrected chi connectivity index (χ0v) is 12.2. The molecule has 0 radical (unpaired) electrons. The van der Waals surface area contributed by atoms with E-state index in [0.29, 0.717) is 5.56 Å². The van der Waals surface area contributed by atoms with Crippen LogP contribution in [0.25, 0.3) is 0 Å². The topological polar surface area (TPSA) is 88.8 Å². The van der Waals surface area contributed by atoms with Gasteiger partial charge in [0.1, 0.15) is 6.07 Å². The molecule has 7 heteroatoms. The van der Waals surface area contributed by atoms with E-state index in [2.05, 4.69) is 25.8 Å². The molecule has 6 nitrogen and oxygen atoms in total. The van der Waals surface area contributed by atoms with E-state index in [1.165, 1.54) is 0 Å². The molecule has 0 heterocycles. The minimum atomic E-state index is -0.883. The van der Waals surface area contributed by atoms with E-state index in [4.69, 9.17) is 10.1 Å². The predicted molar refractivity (Wildman–Crippen MR) is 74.1 cm³/mol. The second-order valence-corrected chi connectivity index (χ2v) is 4.39. The van der Waals surface area contributed by atoms with Gasteiger partial charge >= 0.3 is 5.97 Å². The first-order valence-corrected chi connectivity index (χ1v) is 6.43. The summed E-state index contributed by atoms with van der Waals surface area (Å²) in [5, 5.41) is 12.0. The highest BCUT2D eigenvalue weighted by Gasteiger charge is 2.13. The average Bonchev–Trinajstić information content (AvgIpc) is 2.44. The fraction of sp³-hybridized carbons (Fsp3) is 0.231. The Kier molecular flexibility index (Phi) is 6.40. The normalized spacial score (nSPS) is 10.6. The van der Waals surface area contributed by atoms with Crippen molar-refractivity contribution in [1.29, 1.82) is 5.26 Å². The summed E-state index contributed by atoms with van der Waals surface area (Å²) in [5.74, 6) is -1.20. The summed E-state index contributed by atoms with van der Waals surface area (Å²) in [6, 6.07) is 8.22. The summed E-state index contributed by atoms with van der Waals surface area (Å²) < 4.78 is 5.44. The van der Waals surface area contributed by atoms with Gasteiger partial charge in [0.15, 0.2) is 6.61 Å². The molecule has 0 aliphatic heterocycles. The van der Waals surface area contributed by atoms with Crippen LogP contribution in [0.5, 0.6) is 0 Å². The lowest BCUT2D eigenvalue weighted by Gasteiger charge is -2.01. The van der Waals surface area contributed by atoms with Crippen LogP contribution in [-0.4, -0.2) is 30.7 Å². The molecule has 0 saturated heterocycles. The van der Waals surface area contributed by atoms with Gasteiger partial charge in [-0.05, 0) is 19.1 Å². The Hall–Kier alpha value is -2.20. The fourth-order valence-corrected chi connectivity index (χ4v) is 1.44. The van der Waals surface area contributed by atoms with Gasteiger partial charge in [0.2, 0.25) is 5.78 Å². The number of esters is 1. The molecule has 0 aliphatic rings. The summed E-state index contributed by atoms with van der Waals surface area (Å²) in [4.78, 5) is 27.6. The number of hydrogen-bond donors (Lipinski definition) is 0. The minimum Gasteiger partial charge on any atom is -0.461 e. The zero-order valence-electron chi connectivity index (χ0n) is 10.6. The molecule has 0 amide bonds. The summed E-state index contributed by atoms with van der Waals surface area (Å²) in [6.07, 6.45) is 0. The molecule has 0 atom stereocenters. The van der Waals surface area contributed by atoms with Gasteiger partial charge in [-0.1, -0.05) is 33.2 Å². The molecule has 0 aliphatic carbocycles. The number of ketones is 1. The number of benzene rings is 1. The Balaban J connectivity index is 2.58. The van der Waals surface area contributed by atoms with Crippen molar-refractivity contribution in [3.8, 4) is 6.07 Å². The van der Waals surface area contributed by atoms with Crippen molar-refractivity contribution in [1.82, 2.24) is 0 Å². The van der Waals surface area contributed by atoms with E-state index in [1.54, 1.807) is 37.3 Å². The van der Waals surface area contributed by atoms with Gasteiger partial charge in [-0.15, -0.1) is 0 Å². The molecule has 0 bridgehead atoms. The monoisotopic (exact) mass is 338 g/mol. The van der Waals surface area contributed by atoms with Crippen molar-refractivity contribution >= 4 is 33.4 Å². The van der Waals surface area contributed by atoms with E-state index >= 15 is 0 Å². The van der Waals surface area contributed by atoms with Crippen LogP contribution in [-0.2, 0) is 14.4 Å². The van der Waals surface area contributed by atoms with Crippen LogP contribution in [0.15, 0.2) is 33.9 Å². The summed E-state index contributed by atoms with van der Waals surface area (Å²) in [7, 11) is 0. The number of nitriles is 1. The Bertz CT molecular complexity index is 561. The quantitative estimate of drug-likeness (QED) is 0.343. The SMILES string of the molecule is CCOC(=O)C(C#N)=NOCC(=O)c1ccc(Br)cc1. The molecule has 104 valence electrons. The summed E-state index contributed by atoms with van der Waals surface area (Å²) in [5.41, 5.74) is -0.0894. The summed E-state index contributed by atoms with van der Waals surface area (Å²) in [6.45, 7) is 1.36. The third-order valence-corrected chi connectivity index (χ3v) is 2.62. The number of oxime groups is 1. The van der Waals surface area contributed by atoms with Gasteiger partial charge in [-0.2, -0.15) is 5.26 Å². The average molecular weight is 339 g/mol. The first-order chi connectivity index (χ1) is 9.58. The third-order valence-electron chi connectivity index (χ3n) is 2.09. The number of carbonyl (C=O) groups excluding carboxylic acids is 2. The van der Waals surface area contributed by atoms with Crippen LogP contribution in [0.3, 0.4) is 0 Å². The van der Waals surface area contributed by atoms with Gasteiger partial charge in [0.25, 0.3) is 5.71 Å². The highest BCUT2D eigenvalue weighted by Crippen LogP contribution is 2.11. The molecule has 0 spiro atoms. The lowest BCUT2D eigenvalue weighted by Crippen LogP contribution is -2.17. The van der Waals surface area contributed by atoms with Gasteiger partial charge in [0, 0.05) is 10.0 Å². The molecule has 1 rings (SSSR count). The largest absolute Gasteiger partial charge is 0.461 e. The van der Waals surface area contributed by atoms with Crippen LogP contribution in [0.1, 0.15) is 17.3 Å². The van der Waals surface area contributed by atoms with Crippen molar-refractivity contribution in [2.24, 2.45) is 5.16 Å². The predicted octanol–water partition coefficient (Wildman–Crippen LogP) is 2.09. The smallest absolute Gasteiger partial charge is 0.371 e. The van der Waals surface area contributed by atoms with Gasteiger partial charge < -0.3 is 9.57 Å². The molecule has 1 aromatic rings. The Morgan fingerprint density at radius 1 is 1.35 bits per heavy atom. The van der Waals surface area contributed by atoms with Crippen molar-refractivity contribution in [2.45, 2.75) is 6.92 Å². The Labute approximate surface area is 124 Å². The first kappa shape index (κ1) is 15.9. The van der Waals surface area contributed by atoms with Crippen molar-refractivity contribution in [3.63, 3.8) is 0 Å². The highest BCUT2D eigenvalue weighted by atomic mass is 79.9. The molecule has 20 heavy (non-hydrogen) atoms. The maximum Gasteiger partial charge on any atom is 0.371 e. The van der Waals surface area contributed by atoms with Crippen LogP contribution in [0.2, 0.25) is 0 Å². The molecular weight excluding hydrogens is 328 g/mol. The highest BCUT2D eigenvalue weighted by molar-refractivity contribution is 9.10. The lowest BCUT2D eigenvalue weighted by molar-refractivity contribution is -0.135. The van der Waals surface area contributed by atoms with E-state index in [0.717, 1.165) is 4.47 Å². The number of ether oxygens (including phenoxy) is 1. The van der Waals surface area contributed by atoms with Gasteiger partial charge in [-0.25, -0.2) is 4.79 Å². The molecular formula is C13H11BrN2O4. The number of nitrogens with zero attached hydrogens (tertiary/aromatic N) is 2. The standard InChI is InChI=1S/C13H11BrN2O4/c1-2-19-13(18)11(7-15)16-20-8-12(17)9-3-5-10(14)6-4-9/h3-6H,2,8H2,1H3. The minimum absolute atomic E-state index is 0.122. The van der Waals surface area contributed by atoms with Crippen molar-refractivity contribution in [2.75, 3.05) is 13.2 Å². The molecule has 0 saturated carbocycles. The maximum atomic E-state index is 11.7.